The zero-order chi connectivity index (χ0) is 13.4. The SMILES string of the molecule is CCCNC(CC)c1ccc(SC(C)CO)cc1. The van der Waals surface area contributed by atoms with E-state index in [9.17, 15) is 0 Å². The first kappa shape index (κ1) is 15.5. The Morgan fingerprint density at radius 2 is 1.89 bits per heavy atom. The van der Waals surface area contributed by atoms with Crippen LogP contribution in [0.25, 0.3) is 0 Å². The average Bonchev–Trinajstić information content (AvgIpc) is 2.41. The van der Waals surface area contributed by atoms with Crippen LogP contribution >= 0.6 is 11.8 Å². The van der Waals surface area contributed by atoms with Gasteiger partial charge in [0.15, 0.2) is 0 Å². The van der Waals surface area contributed by atoms with Crippen molar-refractivity contribution < 1.29 is 5.11 Å². The van der Waals surface area contributed by atoms with E-state index in [0.717, 1.165) is 13.0 Å². The highest BCUT2D eigenvalue weighted by Crippen LogP contribution is 2.25. The van der Waals surface area contributed by atoms with E-state index in [4.69, 9.17) is 5.11 Å². The molecule has 0 heterocycles. The molecule has 0 saturated heterocycles. The van der Waals surface area contributed by atoms with Crippen LogP contribution in [-0.2, 0) is 0 Å². The van der Waals surface area contributed by atoms with Crippen LogP contribution in [0.4, 0.5) is 0 Å². The van der Waals surface area contributed by atoms with E-state index < -0.39 is 0 Å². The number of hydrogen-bond acceptors (Lipinski definition) is 3. The lowest BCUT2D eigenvalue weighted by atomic mass is 10.0. The fourth-order valence-corrected chi connectivity index (χ4v) is 2.70. The van der Waals surface area contributed by atoms with Crippen molar-refractivity contribution >= 4 is 11.8 Å². The Hall–Kier alpha value is -0.510. The zero-order valence-corrected chi connectivity index (χ0v) is 12.5. The molecule has 2 atom stereocenters. The van der Waals surface area contributed by atoms with E-state index in [2.05, 4.69) is 43.4 Å². The molecule has 0 amide bonds. The van der Waals surface area contributed by atoms with Gasteiger partial charge < -0.3 is 10.4 Å². The van der Waals surface area contributed by atoms with E-state index in [-0.39, 0.29) is 11.9 Å². The molecule has 0 bridgehead atoms. The van der Waals surface area contributed by atoms with Crippen LogP contribution in [0.5, 0.6) is 0 Å². The minimum Gasteiger partial charge on any atom is -0.395 e. The highest BCUT2D eigenvalue weighted by atomic mass is 32.2. The Morgan fingerprint density at radius 3 is 2.39 bits per heavy atom. The van der Waals surface area contributed by atoms with Crippen LogP contribution in [0.15, 0.2) is 29.2 Å². The summed E-state index contributed by atoms with van der Waals surface area (Å²) < 4.78 is 0. The maximum Gasteiger partial charge on any atom is 0.0550 e. The van der Waals surface area contributed by atoms with Crippen molar-refractivity contribution in [2.75, 3.05) is 13.2 Å². The van der Waals surface area contributed by atoms with Crippen molar-refractivity contribution in [1.29, 1.82) is 0 Å². The Kier molecular flexibility index (Phi) is 7.40. The predicted octanol–water partition coefficient (Wildman–Crippen LogP) is 3.61. The average molecular weight is 267 g/mol. The summed E-state index contributed by atoms with van der Waals surface area (Å²) in [5.74, 6) is 0. The molecule has 0 radical (unpaired) electrons. The molecule has 0 spiro atoms. The summed E-state index contributed by atoms with van der Waals surface area (Å²) in [6.07, 6.45) is 2.28. The van der Waals surface area contributed by atoms with Crippen molar-refractivity contribution in [1.82, 2.24) is 5.32 Å². The van der Waals surface area contributed by atoms with Gasteiger partial charge in [-0.15, -0.1) is 11.8 Å². The summed E-state index contributed by atoms with van der Waals surface area (Å²) in [7, 11) is 0. The number of nitrogens with one attached hydrogen (secondary N) is 1. The highest BCUT2D eigenvalue weighted by molar-refractivity contribution is 8.00. The van der Waals surface area contributed by atoms with Crippen LogP contribution in [-0.4, -0.2) is 23.5 Å². The Bertz CT molecular complexity index is 326. The topological polar surface area (TPSA) is 32.3 Å². The maximum absolute atomic E-state index is 9.04. The van der Waals surface area contributed by atoms with Gasteiger partial charge >= 0.3 is 0 Å². The van der Waals surface area contributed by atoms with Crippen LogP contribution in [0.3, 0.4) is 0 Å². The first-order valence-electron chi connectivity index (χ1n) is 6.82. The minimum absolute atomic E-state index is 0.224. The molecule has 3 heteroatoms. The third kappa shape index (κ3) is 5.01. The molecule has 1 rings (SSSR count). The summed E-state index contributed by atoms with van der Waals surface area (Å²) in [6, 6.07) is 9.16. The number of aliphatic hydroxyl groups excluding tert-OH is 1. The second-order valence-electron chi connectivity index (χ2n) is 4.60. The van der Waals surface area contributed by atoms with Gasteiger partial charge in [0.2, 0.25) is 0 Å². The molecular weight excluding hydrogens is 242 g/mol. The molecule has 2 nitrogen and oxygen atoms in total. The van der Waals surface area contributed by atoms with Crippen molar-refractivity contribution in [3.05, 3.63) is 29.8 Å². The van der Waals surface area contributed by atoms with Gasteiger partial charge in [0.25, 0.3) is 0 Å². The lowest BCUT2D eigenvalue weighted by Crippen LogP contribution is -2.21. The van der Waals surface area contributed by atoms with E-state index in [1.807, 2.05) is 6.92 Å². The van der Waals surface area contributed by atoms with Crippen LogP contribution in [0, 0.1) is 0 Å². The molecule has 0 aliphatic carbocycles. The maximum atomic E-state index is 9.04. The number of rotatable bonds is 8. The summed E-state index contributed by atoms with van der Waals surface area (Å²) in [5.41, 5.74) is 1.35. The first-order chi connectivity index (χ1) is 8.71. The van der Waals surface area contributed by atoms with Gasteiger partial charge in [-0.3, -0.25) is 0 Å². The number of thioether (sulfide) groups is 1. The molecule has 1 aromatic rings. The van der Waals surface area contributed by atoms with Crippen LogP contribution < -0.4 is 5.32 Å². The second-order valence-corrected chi connectivity index (χ2v) is 6.11. The van der Waals surface area contributed by atoms with Gasteiger partial charge in [0, 0.05) is 16.2 Å². The summed E-state index contributed by atoms with van der Waals surface area (Å²) in [5, 5.41) is 12.9. The zero-order valence-electron chi connectivity index (χ0n) is 11.6. The quantitative estimate of drug-likeness (QED) is 0.706. The lowest BCUT2D eigenvalue weighted by Gasteiger charge is -2.17. The van der Waals surface area contributed by atoms with Crippen molar-refractivity contribution in [3.63, 3.8) is 0 Å². The number of benzene rings is 1. The molecule has 102 valence electrons. The third-order valence-electron chi connectivity index (χ3n) is 2.93. The van der Waals surface area contributed by atoms with Crippen molar-refractivity contribution in [2.45, 2.75) is 49.8 Å². The molecule has 0 aliphatic rings. The summed E-state index contributed by atoms with van der Waals surface area (Å²) in [6.45, 7) is 7.73. The minimum atomic E-state index is 0.224. The normalized spacial score (nSPS) is 14.4. The van der Waals surface area contributed by atoms with Gasteiger partial charge in [-0.2, -0.15) is 0 Å². The molecule has 1 aromatic carbocycles. The number of hydrogen-bond donors (Lipinski definition) is 2. The van der Waals surface area contributed by atoms with Gasteiger partial charge in [0.05, 0.1) is 6.61 Å². The molecule has 0 aromatic heterocycles. The van der Waals surface area contributed by atoms with E-state index in [1.54, 1.807) is 11.8 Å². The molecule has 0 fully saturated rings. The Balaban J connectivity index is 2.62. The largest absolute Gasteiger partial charge is 0.395 e. The molecular formula is C15H25NOS. The predicted molar refractivity (Wildman–Crippen MR) is 80.2 cm³/mol. The van der Waals surface area contributed by atoms with Crippen molar-refractivity contribution in [2.24, 2.45) is 0 Å². The molecule has 18 heavy (non-hydrogen) atoms. The third-order valence-corrected chi connectivity index (χ3v) is 4.02. The lowest BCUT2D eigenvalue weighted by molar-refractivity contribution is 0.300. The summed E-state index contributed by atoms with van der Waals surface area (Å²) >= 11 is 1.72. The summed E-state index contributed by atoms with van der Waals surface area (Å²) in [4.78, 5) is 1.23. The molecule has 2 unspecified atom stereocenters. The standard InChI is InChI=1S/C15H25NOS/c1-4-10-16-15(5-2)13-6-8-14(9-7-13)18-12(3)11-17/h6-9,12,15-17H,4-5,10-11H2,1-3H3. The first-order valence-corrected chi connectivity index (χ1v) is 7.70. The van der Waals surface area contributed by atoms with E-state index in [0.29, 0.717) is 6.04 Å². The fourth-order valence-electron chi connectivity index (χ4n) is 1.86. The highest BCUT2D eigenvalue weighted by Gasteiger charge is 2.08. The van der Waals surface area contributed by atoms with Gasteiger partial charge in [0.1, 0.15) is 0 Å². The molecule has 0 aliphatic heterocycles. The Labute approximate surface area is 115 Å². The van der Waals surface area contributed by atoms with Gasteiger partial charge in [-0.25, -0.2) is 0 Å². The smallest absolute Gasteiger partial charge is 0.0550 e. The monoisotopic (exact) mass is 267 g/mol. The van der Waals surface area contributed by atoms with Crippen molar-refractivity contribution in [3.8, 4) is 0 Å². The molecule has 0 saturated carbocycles. The van der Waals surface area contributed by atoms with E-state index in [1.165, 1.54) is 16.9 Å². The van der Waals surface area contributed by atoms with Crippen LogP contribution in [0.2, 0.25) is 0 Å². The van der Waals surface area contributed by atoms with Gasteiger partial charge in [-0.05, 0) is 37.1 Å². The van der Waals surface area contributed by atoms with E-state index >= 15 is 0 Å². The Morgan fingerprint density at radius 1 is 1.22 bits per heavy atom. The fraction of sp³-hybridized carbons (Fsp3) is 0.600. The number of aliphatic hydroxyl groups is 1. The second kappa shape index (κ2) is 8.57. The van der Waals surface area contributed by atoms with Gasteiger partial charge in [-0.1, -0.05) is 32.9 Å². The molecule has 2 N–H and O–H groups in total. The van der Waals surface area contributed by atoms with Crippen LogP contribution in [0.1, 0.15) is 45.2 Å².